The SMILES string of the molecule is C=CCCOCc1ccoc1CNCC. The van der Waals surface area contributed by atoms with Crippen LogP contribution in [0.4, 0.5) is 0 Å². The predicted octanol–water partition coefficient (Wildman–Crippen LogP) is 2.48. The quantitative estimate of drug-likeness (QED) is 0.527. The number of nitrogens with one attached hydrogen (secondary N) is 1. The first-order chi connectivity index (χ1) is 7.38. The van der Waals surface area contributed by atoms with Gasteiger partial charge in [0.2, 0.25) is 0 Å². The summed E-state index contributed by atoms with van der Waals surface area (Å²) in [7, 11) is 0. The van der Waals surface area contributed by atoms with E-state index in [4.69, 9.17) is 9.15 Å². The molecule has 0 bridgehead atoms. The Bertz CT molecular complexity index is 281. The highest BCUT2D eigenvalue weighted by atomic mass is 16.5. The summed E-state index contributed by atoms with van der Waals surface area (Å²) in [5, 5.41) is 3.23. The molecule has 15 heavy (non-hydrogen) atoms. The molecule has 1 rings (SSSR count). The summed E-state index contributed by atoms with van der Waals surface area (Å²) in [5.41, 5.74) is 1.13. The Morgan fingerprint density at radius 3 is 3.20 bits per heavy atom. The molecule has 1 aromatic rings. The monoisotopic (exact) mass is 209 g/mol. The molecule has 1 N–H and O–H groups in total. The van der Waals surface area contributed by atoms with E-state index in [1.54, 1.807) is 6.26 Å². The van der Waals surface area contributed by atoms with Gasteiger partial charge in [-0.3, -0.25) is 0 Å². The summed E-state index contributed by atoms with van der Waals surface area (Å²) in [6.07, 6.45) is 4.45. The second kappa shape index (κ2) is 7.26. The smallest absolute Gasteiger partial charge is 0.123 e. The molecule has 1 heterocycles. The number of hydrogen-bond donors (Lipinski definition) is 1. The van der Waals surface area contributed by atoms with Crippen LogP contribution in [0.15, 0.2) is 29.4 Å². The minimum atomic E-state index is 0.616. The van der Waals surface area contributed by atoms with Crippen LogP contribution in [0, 0.1) is 0 Å². The Labute approximate surface area is 91.1 Å². The Morgan fingerprint density at radius 2 is 2.47 bits per heavy atom. The molecule has 0 spiro atoms. The van der Waals surface area contributed by atoms with Crippen molar-refractivity contribution in [1.29, 1.82) is 0 Å². The van der Waals surface area contributed by atoms with E-state index in [2.05, 4.69) is 18.8 Å². The van der Waals surface area contributed by atoms with Gasteiger partial charge in [-0.05, 0) is 19.0 Å². The van der Waals surface area contributed by atoms with E-state index >= 15 is 0 Å². The predicted molar refractivity (Wildman–Crippen MR) is 60.6 cm³/mol. The first-order valence-electron chi connectivity index (χ1n) is 5.33. The maximum Gasteiger partial charge on any atom is 0.123 e. The van der Waals surface area contributed by atoms with E-state index in [0.29, 0.717) is 6.61 Å². The van der Waals surface area contributed by atoms with Crippen molar-refractivity contribution in [2.75, 3.05) is 13.2 Å². The molecule has 0 aliphatic heterocycles. The lowest BCUT2D eigenvalue weighted by Crippen LogP contribution is -2.12. The standard InChI is InChI=1S/C12H19NO2/c1-3-5-7-14-10-11-6-8-15-12(11)9-13-4-2/h3,6,8,13H,1,4-5,7,9-10H2,2H3. The Balaban J connectivity index is 2.32. The van der Waals surface area contributed by atoms with Crippen molar-refractivity contribution < 1.29 is 9.15 Å². The molecule has 0 saturated carbocycles. The van der Waals surface area contributed by atoms with Crippen LogP contribution in [-0.4, -0.2) is 13.2 Å². The molecule has 0 saturated heterocycles. The summed E-state index contributed by atoms with van der Waals surface area (Å²) >= 11 is 0. The normalized spacial score (nSPS) is 10.5. The minimum absolute atomic E-state index is 0.616. The largest absolute Gasteiger partial charge is 0.468 e. The van der Waals surface area contributed by atoms with Crippen LogP contribution in [-0.2, 0) is 17.9 Å². The van der Waals surface area contributed by atoms with E-state index in [9.17, 15) is 0 Å². The van der Waals surface area contributed by atoms with Crippen LogP contribution in [0.5, 0.6) is 0 Å². The van der Waals surface area contributed by atoms with Crippen molar-refractivity contribution >= 4 is 0 Å². The summed E-state index contributed by atoms with van der Waals surface area (Å²) in [6.45, 7) is 8.76. The fourth-order valence-electron chi connectivity index (χ4n) is 1.24. The van der Waals surface area contributed by atoms with E-state index in [0.717, 1.165) is 37.4 Å². The highest BCUT2D eigenvalue weighted by Gasteiger charge is 2.04. The van der Waals surface area contributed by atoms with Gasteiger partial charge in [0.15, 0.2) is 0 Å². The second-order valence-corrected chi connectivity index (χ2v) is 3.28. The number of furan rings is 1. The summed E-state index contributed by atoms with van der Waals surface area (Å²) in [6, 6.07) is 1.96. The summed E-state index contributed by atoms with van der Waals surface area (Å²) in [5.74, 6) is 0.968. The van der Waals surface area contributed by atoms with Gasteiger partial charge in [-0.15, -0.1) is 6.58 Å². The number of hydrogen-bond acceptors (Lipinski definition) is 3. The molecule has 3 nitrogen and oxygen atoms in total. The molecular weight excluding hydrogens is 190 g/mol. The van der Waals surface area contributed by atoms with Gasteiger partial charge in [0, 0.05) is 5.56 Å². The van der Waals surface area contributed by atoms with E-state index in [1.165, 1.54) is 0 Å². The van der Waals surface area contributed by atoms with Gasteiger partial charge in [0.1, 0.15) is 5.76 Å². The zero-order valence-electron chi connectivity index (χ0n) is 9.29. The molecule has 0 amide bonds. The van der Waals surface area contributed by atoms with Crippen molar-refractivity contribution in [3.63, 3.8) is 0 Å². The van der Waals surface area contributed by atoms with Gasteiger partial charge in [0.25, 0.3) is 0 Å². The van der Waals surface area contributed by atoms with Crippen molar-refractivity contribution in [2.45, 2.75) is 26.5 Å². The van der Waals surface area contributed by atoms with E-state index in [-0.39, 0.29) is 0 Å². The average Bonchev–Trinajstić information content (AvgIpc) is 2.69. The highest BCUT2D eigenvalue weighted by molar-refractivity contribution is 5.15. The lowest BCUT2D eigenvalue weighted by Gasteiger charge is -2.04. The van der Waals surface area contributed by atoms with Gasteiger partial charge in [-0.25, -0.2) is 0 Å². The molecule has 3 heteroatoms. The molecule has 84 valence electrons. The van der Waals surface area contributed by atoms with Gasteiger partial charge in [-0.2, -0.15) is 0 Å². The number of ether oxygens (including phenoxy) is 1. The molecule has 0 aliphatic carbocycles. The van der Waals surface area contributed by atoms with Crippen molar-refractivity contribution in [2.24, 2.45) is 0 Å². The number of rotatable bonds is 8. The molecule has 0 aliphatic rings. The maximum absolute atomic E-state index is 5.48. The minimum Gasteiger partial charge on any atom is -0.468 e. The fraction of sp³-hybridized carbons (Fsp3) is 0.500. The molecule has 0 aromatic carbocycles. The van der Waals surface area contributed by atoms with Crippen LogP contribution in [0.3, 0.4) is 0 Å². The van der Waals surface area contributed by atoms with Crippen molar-refractivity contribution in [3.8, 4) is 0 Å². The van der Waals surface area contributed by atoms with Gasteiger partial charge < -0.3 is 14.5 Å². The zero-order chi connectivity index (χ0) is 10.9. The highest BCUT2D eigenvalue weighted by Crippen LogP contribution is 2.11. The summed E-state index contributed by atoms with van der Waals surface area (Å²) in [4.78, 5) is 0. The Hall–Kier alpha value is -1.06. The second-order valence-electron chi connectivity index (χ2n) is 3.28. The maximum atomic E-state index is 5.48. The van der Waals surface area contributed by atoms with Crippen molar-refractivity contribution in [3.05, 3.63) is 36.3 Å². The summed E-state index contributed by atoms with van der Waals surface area (Å²) < 4.78 is 10.8. The molecule has 0 fully saturated rings. The van der Waals surface area contributed by atoms with Gasteiger partial charge >= 0.3 is 0 Å². The molecule has 1 aromatic heterocycles. The fourth-order valence-corrected chi connectivity index (χ4v) is 1.24. The van der Waals surface area contributed by atoms with Gasteiger partial charge in [0.05, 0.1) is 26.0 Å². The van der Waals surface area contributed by atoms with E-state index < -0.39 is 0 Å². The topological polar surface area (TPSA) is 34.4 Å². The average molecular weight is 209 g/mol. The first-order valence-corrected chi connectivity index (χ1v) is 5.33. The van der Waals surface area contributed by atoms with Crippen LogP contribution in [0.1, 0.15) is 24.7 Å². The van der Waals surface area contributed by atoms with Crippen LogP contribution >= 0.6 is 0 Å². The molecule has 0 unspecified atom stereocenters. The first kappa shape index (κ1) is 12.0. The van der Waals surface area contributed by atoms with Crippen LogP contribution < -0.4 is 5.32 Å². The third-order valence-electron chi connectivity index (χ3n) is 2.10. The third-order valence-corrected chi connectivity index (χ3v) is 2.10. The third kappa shape index (κ3) is 4.32. The molecule has 0 radical (unpaired) electrons. The van der Waals surface area contributed by atoms with Crippen molar-refractivity contribution in [1.82, 2.24) is 5.32 Å². The molecule has 0 atom stereocenters. The van der Waals surface area contributed by atoms with E-state index in [1.807, 2.05) is 12.1 Å². The zero-order valence-corrected chi connectivity index (χ0v) is 9.29. The molecular formula is C12H19NO2. The Kier molecular flexibility index (Phi) is 5.81. The van der Waals surface area contributed by atoms with Crippen LogP contribution in [0.25, 0.3) is 0 Å². The Morgan fingerprint density at radius 1 is 1.60 bits per heavy atom. The van der Waals surface area contributed by atoms with Gasteiger partial charge in [-0.1, -0.05) is 13.0 Å². The lowest BCUT2D eigenvalue weighted by atomic mass is 10.2. The lowest BCUT2D eigenvalue weighted by molar-refractivity contribution is 0.124. The van der Waals surface area contributed by atoms with Crippen LogP contribution in [0.2, 0.25) is 0 Å².